The zero-order valence-electron chi connectivity index (χ0n) is 41.7. The van der Waals surface area contributed by atoms with Gasteiger partial charge < -0.3 is 95.3 Å². The fourth-order valence-corrected chi connectivity index (χ4v) is 7.52. The lowest BCUT2D eigenvalue weighted by Gasteiger charge is -2.30. The molecule has 73 heavy (non-hydrogen) atoms. The van der Waals surface area contributed by atoms with Crippen molar-refractivity contribution in [2.45, 2.75) is 171 Å². The van der Waals surface area contributed by atoms with Gasteiger partial charge in [0.05, 0.1) is 37.4 Å². The molecule has 0 radical (unpaired) electrons. The third-order valence-corrected chi connectivity index (χ3v) is 11.8. The molecule has 0 bridgehead atoms. The van der Waals surface area contributed by atoms with Crippen LogP contribution in [0.4, 0.5) is 0 Å². The Morgan fingerprint density at radius 1 is 0.603 bits per heavy atom. The Hall–Kier alpha value is -5.76. The molecule has 1 saturated heterocycles. The van der Waals surface area contributed by atoms with E-state index in [2.05, 4.69) is 55.2 Å². The number of carbonyl (C=O) groups is 11. The monoisotopic (exact) mass is 1060 g/mol. The van der Waals surface area contributed by atoms with Gasteiger partial charge in [0, 0.05) is 12.3 Å². The SMILES string of the molecule is CC(C)C[C@H](NC(=O)[C@@H]1CCCN1C(=O)[C@H](CO)NC(=O)[C@@H](N)[C@@H](C)O)C(=O)N[C@@H](CS)C(=O)N[C@H](C(=O)N[C@H](C(=O)N[C@@H](CC(N)=O)C(=O)N[C@H](C(=O)N[C@@H](CCCCN)C(=O)O)[C@@H](C)O)[C@@H](C)O)[C@@H](C)O. The fraction of sp³-hybridized carbons (Fsp3) is 0.744. The van der Waals surface area contributed by atoms with Crippen LogP contribution in [-0.4, -0.2) is 211 Å². The molecule has 1 aliphatic rings. The molecular formula is C43H76N12O17S. The number of carboxylic acids is 1. The maximum atomic E-state index is 13.8. The lowest BCUT2D eigenvalue weighted by molar-refractivity contribution is -0.143. The summed E-state index contributed by atoms with van der Waals surface area (Å²) in [5.74, 6) is -12.8. The average molecular weight is 1070 g/mol. The first kappa shape index (κ1) is 65.3. The number of hydrogen-bond acceptors (Lipinski definition) is 19. The molecule has 0 aromatic heterocycles. The van der Waals surface area contributed by atoms with E-state index in [0.717, 1.165) is 25.7 Å². The predicted molar refractivity (Wildman–Crippen MR) is 260 cm³/mol. The van der Waals surface area contributed by atoms with Gasteiger partial charge in [0.15, 0.2) is 0 Å². The Morgan fingerprint density at radius 3 is 1.49 bits per heavy atom. The van der Waals surface area contributed by atoms with Crippen molar-refractivity contribution in [3.8, 4) is 0 Å². The van der Waals surface area contributed by atoms with Crippen LogP contribution in [0.1, 0.15) is 86.5 Å². The number of hydrogen-bond donors (Lipinski definition) is 18. The molecule has 0 aliphatic carbocycles. The minimum Gasteiger partial charge on any atom is -0.480 e. The third kappa shape index (κ3) is 21.3. The van der Waals surface area contributed by atoms with E-state index in [0.29, 0.717) is 19.3 Å². The van der Waals surface area contributed by atoms with Gasteiger partial charge in [-0.15, -0.1) is 0 Å². The number of rotatable bonds is 32. The molecule has 30 heteroatoms. The summed E-state index contributed by atoms with van der Waals surface area (Å²) in [5.41, 5.74) is 16.4. The van der Waals surface area contributed by atoms with Gasteiger partial charge in [0.25, 0.3) is 0 Å². The second-order valence-electron chi connectivity index (χ2n) is 18.2. The van der Waals surface area contributed by atoms with E-state index in [1.54, 1.807) is 13.8 Å². The molecule has 1 fully saturated rings. The molecule has 0 spiro atoms. The smallest absolute Gasteiger partial charge is 0.326 e. The van der Waals surface area contributed by atoms with Crippen molar-refractivity contribution >= 4 is 77.7 Å². The second kappa shape index (κ2) is 31.7. The highest BCUT2D eigenvalue weighted by molar-refractivity contribution is 7.80. The van der Waals surface area contributed by atoms with E-state index in [-0.39, 0.29) is 38.3 Å². The van der Waals surface area contributed by atoms with Gasteiger partial charge in [-0.3, -0.25) is 47.9 Å². The number of nitrogens with zero attached hydrogens (tertiary/aromatic N) is 1. The van der Waals surface area contributed by atoms with Crippen LogP contribution in [0.3, 0.4) is 0 Å². The standard InChI is InChI=1S/C43H76N12O17S/c1-18(2)14-24(48-37(65)28-11-9-13-55(28)42(70)26(16-56)50-38(66)30(46)19(3)57)34(62)51-27(17-73)36(64)53-33(22(6)60)41(69)54-32(21(5)59)40(68)49-25(15-29(45)61)35(63)52-31(20(4)58)39(67)47-23(43(71)72)10-7-8-12-44/h18-28,30-33,56-60,73H,7-17,44,46H2,1-6H3,(H2,45,61)(H,47,67)(H,48,65)(H,49,68)(H,50,66)(H,51,62)(H,52,63)(H,53,64)(H,54,69)(H,71,72)/t19-,20-,21-,22-,23+,24+,25+,26+,27+,28+,30+,31+,32+,33+/m1/s1. The number of primary amides is 1. The highest BCUT2D eigenvalue weighted by atomic mass is 32.1. The van der Waals surface area contributed by atoms with Gasteiger partial charge in [0.1, 0.15) is 60.4 Å². The molecular weight excluding hydrogens is 989 g/mol. The summed E-state index contributed by atoms with van der Waals surface area (Å²) in [7, 11) is 0. The Labute approximate surface area is 427 Å². The number of nitrogens with two attached hydrogens (primary N) is 3. The lowest BCUT2D eigenvalue weighted by Crippen LogP contribution is -2.64. The van der Waals surface area contributed by atoms with Crippen molar-refractivity contribution in [3.63, 3.8) is 0 Å². The molecule has 0 unspecified atom stereocenters. The first-order chi connectivity index (χ1) is 34.0. The number of nitrogens with one attached hydrogen (secondary N) is 8. The molecule has 10 amide bonds. The van der Waals surface area contributed by atoms with Crippen LogP contribution in [0.15, 0.2) is 0 Å². The van der Waals surface area contributed by atoms with E-state index in [1.807, 2.05) is 0 Å². The van der Waals surface area contributed by atoms with Gasteiger partial charge in [-0.2, -0.15) is 12.6 Å². The summed E-state index contributed by atoms with van der Waals surface area (Å²) in [5, 5.41) is 78.8. The zero-order chi connectivity index (χ0) is 56.0. The summed E-state index contributed by atoms with van der Waals surface area (Å²) in [6, 6.07) is -16.1. The molecule has 14 atom stereocenters. The van der Waals surface area contributed by atoms with Crippen LogP contribution < -0.4 is 59.7 Å². The van der Waals surface area contributed by atoms with Crippen molar-refractivity contribution in [2.24, 2.45) is 23.1 Å². The van der Waals surface area contributed by atoms with E-state index in [4.69, 9.17) is 17.2 Å². The van der Waals surface area contributed by atoms with Crippen LogP contribution in [0, 0.1) is 5.92 Å². The normalized spacial score (nSPS) is 18.8. The second-order valence-corrected chi connectivity index (χ2v) is 18.6. The van der Waals surface area contributed by atoms with Gasteiger partial charge in [-0.1, -0.05) is 13.8 Å². The minimum absolute atomic E-state index is 0.00875. The summed E-state index contributed by atoms with van der Waals surface area (Å²) in [6.45, 7) is 7.34. The number of aliphatic hydroxyl groups excluding tert-OH is 5. The number of thiol groups is 1. The Morgan fingerprint density at radius 2 is 1.05 bits per heavy atom. The molecule has 1 heterocycles. The molecule has 0 aromatic rings. The summed E-state index contributed by atoms with van der Waals surface area (Å²) in [4.78, 5) is 145. The van der Waals surface area contributed by atoms with Crippen molar-refractivity contribution in [1.82, 2.24) is 47.4 Å². The van der Waals surface area contributed by atoms with Crippen molar-refractivity contribution in [2.75, 3.05) is 25.4 Å². The minimum atomic E-state index is -1.98. The first-order valence-corrected chi connectivity index (χ1v) is 24.3. The van der Waals surface area contributed by atoms with Gasteiger partial charge >= 0.3 is 5.97 Å². The molecule has 1 aliphatic heterocycles. The third-order valence-electron chi connectivity index (χ3n) is 11.4. The van der Waals surface area contributed by atoms with E-state index >= 15 is 0 Å². The molecule has 0 aromatic carbocycles. The number of amides is 10. The number of carboxylic acid groups (broad SMARTS) is 1. The van der Waals surface area contributed by atoms with Crippen LogP contribution in [-0.2, 0) is 52.7 Å². The van der Waals surface area contributed by atoms with E-state index in [9.17, 15) is 83.4 Å². The Balaban J connectivity index is 3.23. The highest BCUT2D eigenvalue weighted by Crippen LogP contribution is 2.20. The number of aliphatic carboxylic acids is 1. The first-order valence-electron chi connectivity index (χ1n) is 23.7. The number of likely N-dealkylation sites (tertiary alicyclic amines) is 1. The lowest BCUT2D eigenvalue weighted by atomic mass is 10.0. The van der Waals surface area contributed by atoms with Gasteiger partial charge in [0.2, 0.25) is 59.1 Å². The maximum absolute atomic E-state index is 13.8. The predicted octanol–water partition coefficient (Wildman–Crippen LogP) is -8.24. The van der Waals surface area contributed by atoms with Gasteiger partial charge in [-0.25, -0.2) is 4.79 Å². The molecule has 29 nitrogen and oxygen atoms in total. The molecule has 0 saturated carbocycles. The van der Waals surface area contributed by atoms with Crippen LogP contribution in [0.2, 0.25) is 0 Å². The van der Waals surface area contributed by atoms with Crippen LogP contribution in [0.25, 0.3) is 0 Å². The zero-order valence-corrected chi connectivity index (χ0v) is 42.6. The quantitative estimate of drug-likeness (QED) is 0.0220. The molecule has 1 rings (SSSR count). The fourth-order valence-electron chi connectivity index (χ4n) is 7.26. The summed E-state index contributed by atoms with van der Waals surface area (Å²) in [6.07, 6.45) is -6.19. The summed E-state index contributed by atoms with van der Waals surface area (Å²) < 4.78 is 0. The van der Waals surface area contributed by atoms with E-state index < -0.39 is 169 Å². The van der Waals surface area contributed by atoms with Crippen molar-refractivity contribution in [3.05, 3.63) is 0 Å². The highest BCUT2D eigenvalue weighted by Gasteiger charge is 2.41. The van der Waals surface area contributed by atoms with Crippen LogP contribution >= 0.6 is 12.6 Å². The van der Waals surface area contributed by atoms with E-state index in [1.165, 1.54) is 6.92 Å². The maximum Gasteiger partial charge on any atom is 0.326 e. The summed E-state index contributed by atoms with van der Waals surface area (Å²) >= 11 is 4.15. The number of aliphatic hydroxyl groups is 5. The topological polar surface area (TPSA) is 487 Å². The number of unbranched alkanes of at least 4 members (excludes halogenated alkanes) is 1. The molecule has 20 N–H and O–H groups in total. The van der Waals surface area contributed by atoms with Crippen LogP contribution in [0.5, 0.6) is 0 Å². The van der Waals surface area contributed by atoms with Crippen molar-refractivity contribution < 1.29 is 83.4 Å². The Kier molecular flexibility index (Phi) is 28.4. The number of carbonyl (C=O) groups excluding carboxylic acids is 10. The Bertz CT molecular complexity index is 1930. The largest absolute Gasteiger partial charge is 0.480 e. The molecule has 416 valence electrons. The van der Waals surface area contributed by atoms with Gasteiger partial charge in [-0.05, 0) is 78.7 Å². The van der Waals surface area contributed by atoms with Crippen molar-refractivity contribution in [1.29, 1.82) is 0 Å². The average Bonchev–Trinajstić information content (AvgIpc) is 3.80.